The van der Waals surface area contributed by atoms with E-state index in [1.54, 1.807) is 0 Å². The van der Waals surface area contributed by atoms with Crippen molar-refractivity contribution in [3.05, 3.63) is 30.0 Å². The largest absolute Gasteiger partial charge is 0.397 e. The molecule has 3 rings (SSSR count). The molecule has 1 aromatic heterocycles. The van der Waals surface area contributed by atoms with E-state index in [9.17, 15) is 4.79 Å². The monoisotopic (exact) mass is 271 g/mol. The summed E-state index contributed by atoms with van der Waals surface area (Å²) in [7, 11) is 0. The molecular formula is C16H21N3O. The molecule has 3 N–H and O–H groups in total. The van der Waals surface area contributed by atoms with Gasteiger partial charge in [0.1, 0.15) is 5.69 Å². The number of nitrogens with zero attached hydrogens (tertiary/aromatic N) is 1. The zero-order valence-electron chi connectivity index (χ0n) is 12.0. The molecule has 4 heteroatoms. The van der Waals surface area contributed by atoms with Gasteiger partial charge >= 0.3 is 0 Å². The molecule has 2 aromatic rings. The second-order valence-corrected chi connectivity index (χ2v) is 6.04. The Kier molecular flexibility index (Phi) is 3.16. The molecule has 1 amide bonds. The Hall–Kier alpha value is -1.97. The number of aromatic amines is 1. The van der Waals surface area contributed by atoms with E-state index < -0.39 is 0 Å². The highest BCUT2D eigenvalue weighted by Gasteiger charge is 2.29. The Morgan fingerprint density at radius 3 is 2.90 bits per heavy atom. The van der Waals surface area contributed by atoms with Crippen molar-refractivity contribution >= 4 is 22.5 Å². The lowest BCUT2D eigenvalue weighted by Gasteiger charge is -2.17. The molecule has 1 aliphatic rings. The molecule has 0 bridgehead atoms. The van der Waals surface area contributed by atoms with Crippen LogP contribution in [-0.2, 0) is 0 Å². The van der Waals surface area contributed by atoms with Crippen LogP contribution in [0, 0.1) is 11.8 Å². The third-order valence-electron chi connectivity index (χ3n) is 4.37. The minimum atomic E-state index is 0.0868. The Morgan fingerprint density at radius 1 is 1.45 bits per heavy atom. The van der Waals surface area contributed by atoms with Gasteiger partial charge in [-0.25, -0.2) is 0 Å². The number of carbonyl (C=O) groups is 1. The number of aromatic nitrogens is 1. The number of hydrogen-bond acceptors (Lipinski definition) is 2. The third kappa shape index (κ3) is 2.15. The number of rotatable bonds is 2. The van der Waals surface area contributed by atoms with Crippen LogP contribution in [0.5, 0.6) is 0 Å². The van der Waals surface area contributed by atoms with E-state index in [-0.39, 0.29) is 5.91 Å². The number of H-pyrrole nitrogens is 1. The number of nitrogens with two attached hydrogens (primary N) is 1. The maximum Gasteiger partial charge on any atom is 0.270 e. The van der Waals surface area contributed by atoms with E-state index in [2.05, 4.69) is 18.8 Å². The molecule has 0 spiro atoms. The van der Waals surface area contributed by atoms with Gasteiger partial charge in [-0.2, -0.15) is 0 Å². The molecule has 1 fully saturated rings. The van der Waals surface area contributed by atoms with Gasteiger partial charge in [0.15, 0.2) is 0 Å². The third-order valence-corrected chi connectivity index (χ3v) is 4.37. The van der Waals surface area contributed by atoms with Gasteiger partial charge in [-0.3, -0.25) is 4.79 Å². The van der Waals surface area contributed by atoms with Crippen molar-refractivity contribution < 1.29 is 4.79 Å². The first-order valence-electron chi connectivity index (χ1n) is 7.22. The van der Waals surface area contributed by atoms with Crippen LogP contribution in [0.2, 0.25) is 0 Å². The zero-order chi connectivity index (χ0) is 14.3. The average molecular weight is 271 g/mol. The highest BCUT2D eigenvalue weighted by Crippen LogP contribution is 2.26. The molecule has 106 valence electrons. The van der Waals surface area contributed by atoms with Crippen LogP contribution >= 0.6 is 0 Å². The lowest BCUT2D eigenvalue weighted by Crippen LogP contribution is -2.29. The number of nitrogens with one attached hydrogen (secondary N) is 1. The number of carbonyl (C=O) groups excluding carboxylic acids is 1. The van der Waals surface area contributed by atoms with Gasteiger partial charge in [0, 0.05) is 18.5 Å². The first-order valence-corrected chi connectivity index (χ1v) is 7.22. The van der Waals surface area contributed by atoms with Crippen LogP contribution in [0.15, 0.2) is 24.3 Å². The van der Waals surface area contributed by atoms with E-state index in [4.69, 9.17) is 5.73 Å². The zero-order valence-corrected chi connectivity index (χ0v) is 12.0. The number of para-hydroxylation sites is 1. The standard InChI is InChI=1S/C16H21N3O/c1-10(2)12-6-7-19(9-12)16(20)14-8-11-4-3-5-13(17)15(11)18-14/h3-5,8,10,12,18H,6-7,9,17H2,1-2H3. The van der Waals surface area contributed by atoms with E-state index in [0.29, 0.717) is 23.2 Å². The van der Waals surface area contributed by atoms with Gasteiger partial charge in [-0.15, -0.1) is 0 Å². The highest BCUT2D eigenvalue weighted by molar-refractivity contribution is 6.00. The molecule has 1 aromatic carbocycles. The van der Waals surface area contributed by atoms with E-state index in [0.717, 1.165) is 30.4 Å². The topological polar surface area (TPSA) is 62.1 Å². The van der Waals surface area contributed by atoms with Gasteiger partial charge in [-0.05, 0) is 30.4 Å². The van der Waals surface area contributed by atoms with Gasteiger partial charge < -0.3 is 15.6 Å². The Morgan fingerprint density at radius 2 is 2.25 bits per heavy atom. The molecule has 1 saturated heterocycles. The molecule has 0 aliphatic carbocycles. The second-order valence-electron chi connectivity index (χ2n) is 6.04. The van der Waals surface area contributed by atoms with Crippen molar-refractivity contribution in [2.24, 2.45) is 11.8 Å². The number of likely N-dealkylation sites (tertiary alicyclic amines) is 1. The van der Waals surface area contributed by atoms with E-state index in [1.165, 1.54) is 0 Å². The fraction of sp³-hybridized carbons (Fsp3) is 0.438. The molecule has 2 heterocycles. The Bertz CT molecular complexity index is 644. The van der Waals surface area contributed by atoms with E-state index >= 15 is 0 Å². The quantitative estimate of drug-likeness (QED) is 0.825. The molecule has 20 heavy (non-hydrogen) atoms. The molecule has 4 nitrogen and oxygen atoms in total. The van der Waals surface area contributed by atoms with Crippen LogP contribution in [0.4, 0.5) is 5.69 Å². The highest BCUT2D eigenvalue weighted by atomic mass is 16.2. The summed E-state index contributed by atoms with van der Waals surface area (Å²) in [6, 6.07) is 7.62. The first-order chi connectivity index (χ1) is 9.56. The second kappa shape index (κ2) is 4.85. The van der Waals surface area contributed by atoms with Crippen molar-refractivity contribution in [2.45, 2.75) is 20.3 Å². The maximum atomic E-state index is 12.5. The predicted molar refractivity (Wildman–Crippen MR) is 81.6 cm³/mol. The summed E-state index contributed by atoms with van der Waals surface area (Å²) in [6.07, 6.45) is 1.10. The SMILES string of the molecule is CC(C)C1CCN(C(=O)c2cc3cccc(N)c3[nH]2)C1. The Balaban J connectivity index is 1.84. The van der Waals surface area contributed by atoms with Crippen LogP contribution in [0.25, 0.3) is 10.9 Å². The van der Waals surface area contributed by atoms with Gasteiger partial charge in [0.05, 0.1) is 11.2 Å². The number of amides is 1. The van der Waals surface area contributed by atoms with Crippen molar-refractivity contribution in [1.29, 1.82) is 0 Å². The maximum absolute atomic E-state index is 12.5. The summed E-state index contributed by atoms with van der Waals surface area (Å²) in [4.78, 5) is 17.7. The number of nitrogen functional groups attached to an aromatic ring is 1. The molecule has 1 atom stereocenters. The number of fused-ring (bicyclic) bond motifs is 1. The Labute approximate surface area is 118 Å². The minimum Gasteiger partial charge on any atom is -0.397 e. The summed E-state index contributed by atoms with van der Waals surface area (Å²) in [5.41, 5.74) is 8.11. The number of hydrogen-bond donors (Lipinski definition) is 2. The fourth-order valence-electron chi connectivity index (χ4n) is 2.98. The lowest BCUT2D eigenvalue weighted by molar-refractivity contribution is 0.0779. The van der Waals surface area contributed by atoms with Crippen LogP contribution < -0.4 is 5.73 Å². The molecule has 0 radical (unpaired) electrons. The fourth-order valence-corrected chi connectivity index (χ4v) is 2.98. The minimum absolute atomic E-state index is 0.0868. The summed E-state index contributed by atoms with van der Waals surface area (Å²) in [6.45, 7) is 6.17. The summed E-state index contributed by atoms with van der Waals surface area (Å²) >= 11 is 0. The van der Waals surface area contributed by atoms with Crippen molar-refractivity contribution in [3.8, 4) is 0 Å². The molecule has 0 saturated carbocycles. The van der Waals surface area contributed by atoms with Crippen LogP contribution in [0.3, 0.4) is 0 Å². The van der Waals surface area contributed by atoms with Crippen molar-refractivity contribution in [1.82, 2.24) is 9.88 Å². The van der Waals surface area contributed by atoms with Crippen molar-refractivity contribution in [2.75, 3.05) is 18.8 Å². The van der Waals surface area contributed by atoms with E-state index in [1.807, 2.05) is 29.2 Å². The van der Waals surface area contributed by atoms with Crippen molar-refractivity contribution in [3.63, 3.8) is 0 Å². The smallest absolute Gasteiger partial charge is 0.270 e. The average Bonchev–Trinajstić information content (AvgIpc) is 3.05. The van der Waals surface area contributed by atoms with Gasteiger partial charge in [0.25, 0.3) is 5.91 Å². The normalized spacial score (nSPS) is 19.1. The predicted octanol–water partition coefficient (Wildman–Crippen LogP) is 2.87. The van der Waals surface area contributed by atoms with Crippen LogP contribution in [-0.4, -0.2) is 28.9 Å². The lowest BCUT2D eigenvalue weighted by atomic mass is 9.95. The molecule has 1 unspecified atom stereocenters. The number of benzene rings is 1. The summed E-state index contributed by atoms with van der Waals surface area (Å²) in [5, 5.41) is 0.993. The molecular weight excluding hydrogens is 250 g/mol. The number of anilines is 1. The summed E-state index contributed by atoms with van der Waals surface area (Å²) in [5.74, 6) is 1.34. The van der Waals surface area contributed by atoms with Gasteiger partial charge in [-0.1, -0.05) is 26.0 Å². The first kappa shape index (κ1) is 13.0. The molecule has 1 aliphatic heterocycles. The van der Waals surface area contributed by atoms with Crippen LogP contribution in [0.1, 0.15) is 30.8 Å². The summed E-state index contributed by atoms with van der Waals surface area (Å²) < 4.78 is 0. The van der Waals surface area contributed by atoms with Gasteiger partial charge in [0.2, 0.25) is 0 Å².